The fraction of sp³-hybridized carbons (Fsp3) is 0.308. The molecule has 0 aromatic heterocycles. The van der Waals surface area contributed by atoms with Crippen molar-refractivity contribution in [2.45, 2.75) is 26.7 Å². The molecule has 1 N–H and O–H groups in total. The van der Waals surface area contributed by atoms with Crippen molar-refractivity contribution >= 4 is 11.9 Å². The summed E-state index contributed by atoms with van der Waals surface area (Å²) in [6.45, 7) is 3.82. The number of hydrogen-bond donors (Lipinski definition) is 1. The molecular weight excluding hydrogens is 188 g/mol. The van der Waals surface area contributed by atoms with Gasteiger partial charge in [0, 0.05) is 6.42 Å². The molecule has 0 aliphatic heterocycles. The third-order valence-corrected chi connectivity index (χ3v) is 2.27. The Labute approximate surface area is 90.3 Å². The highest BCUT2D eigenvalue weighted by Crippen LogP contribution is 2.16. The number of hydrogen-bond acceptors (Lipinski definition) is 2. The molecule has 0 aliphatic carbocycles. The van der Waals surface area contributed by atoms with Crippen molar-refractivity contribution in [2.24, 2.45) is 0 Å². The van der Waals surface area contributed by atoms with Crippen molar-refractivity contribution in [2.75, 3.05) is 0 Å². The van der Waals surface area contributed by atoms with Crippen LogP contribution in [0.15, 0.2) is 29.8 Å². The van der Waals surface area contributed by atoms with Gasteiger partial charge in [0.1, 0.15) is 5.75 Å². The summed E-state index contributed by atoms with van der Waals surface area (Å²) >= 11 is 0. The van der Waals surface area contributed by atoms with Crippen LogP contribution in [-0.4, -0.2) is 10.9 Å². The van der Waals surface area contributed by atoms with Crippen molar-refractivity contribution in [3.8, 4) is 5.75 Å². The minimum absolute atomic E-state index is 0.167. The molecule has 1 aromatic rings. The zero-order chi connectivity index (χ0) is 11.3. The fourth-order valence-electron chi connectivity index (χ4n) is 1.42. The first kappa shape index (κ1) is 11.5. The van der Waals surface area contributed by atoms with Crippen molar-refractivity contribution in [1.29, 1.82) is 0 Å². The Bertz CT molecular complexity index is 378. The van der Waals surface area contributed by atoms with Crippen LogP contribution in [-0.2, 0) is 4.79 Å². The lowest BCUT2D eigenvalue weighted by Crippen LogP contribution is -1.98. The van der Waals surface area contributed by atoms with E-state index in [1.54, 1.807) is 18.2 Å². The van der Waals surface area contributed by atoms with Crippen LogP contribution in [0, 0.1) is 0 Å². The van der Waals surface area contributed by atoms with Crippen LogP contribution in [0.4, 0.5) is 0 Å². The van der Waals surface area contributed by atoms with E-state index in [-0.39, 0.29) is 11.5 Å². The predicted octanol–water partition coefficient (Wildman–Crippen LogP) is 3.16. The molecule has 0 saturated heterocycles. The quantitative estimate of drug-likeness (QED) is 0.765. The molecule has 80 valence electrons. The zero-order valence-electron chi connectivity index (χ0n) is 9.16. The van der Waals surface area contributed by atoms with E-state index in [9.17, 15) is 9.90 Å². The third-order valence-electron chi connectivity index (χ3n) is 2.27. The van der Waals surface area contributed by atoms with E-state index in [1.165, 1.54) is 0 Å². The Kier molecular flexibility index (Phi) is 4.10. The highest BCUT2D eigenvalue weighted by molar-refractivity contribution is 5.99. The van der Waals surface area contributed by atoms with Crippen molar-refractivity contribution in [3.63, 3.8) is 0 Å². The highest BCUT2D eigenvalue weighted by atomic mass is 16.3. The molecule has 0 aliphatic rings. The molecule has 0 bridgehead atoms. The summed E-state index contributed by atoms with van der Waals surface area (Å²) in [6.07, 6.45) is 3.09. The van der Waals surface area contributed by atoms with Gasteiger partial charge in [-0.2, -0.15) is 0 Å². The fourth-order valence-corrected chi connectivity index (χ4v) is 1.42. The van der Waals surface area contributed by atoms with E-state index in [2.05, 4.69) is 0 Å². The van der Waals surface area contributed by atoms with Crippen LogP contribution >= 0.6 is 0 Å². The molecule has 0 unspecified atom stereocenters. The van der Waals surface area contributed by atoms with E-state index in [1.807, 2.05) is 26.0 Å². The molecule has 2 heteroatoms. The minimum Gasteiger partial charge on any atom is -0.508 e. The Balaban J connectivity index is 2.98. The number of benzene rings is 1. The van der Waals surface area contributed by atoms with Gasteiger partial charge in [0.2, 0.25) is 0 Å². The molecular formula is C13H16O2. The summed E-state index contributed by atoms with van der Waals surface area (Å²) < 4.78 is 0. The van der Waals surface area contributed by atoms with Crippen LogP contribution < -0.4 is 0 Å². The number of carbonyl (C=O) groups excluding carboxylic acids is 1. The average Bonchev–Trinajstić information content (AvgIpc) is 2.25. The third kappa shape index (κ3) is 3.24. The summed E-state index contributed by atoms with van der Waals surface area (Å²) in [5.41, 5.74) is 1.68. The maximum atomic E-state index is 11.5. The van der Waals surface area contributed by atoms with Gasteiger partial charge in [0.25, 0.3) is 0 Å². The molecule has 0 atom stereocenters. The smallest absolute Gasteiger partial charge is 0.158 e. The topological polar surface area (TPSA) is 37.3 Å². The van der Waals surface area contributed by atoms with Gasteiger partial charge in [-0.3, -0.25) is 4.79 Å². The molecule has 15 heavy (non-hydrogen) atoms. The maximum absolute atomic E-state index is 11.5. The maximum Gasteiger partial charge on any atom is 0.158 e. The molecule has 1 aromatic carbocycles. The molecule has 0 amide bonds. The average molecular weight is 204 g/mol. The monoisotopic (exact) mass is 204 g/mol. The van der Waals surface area contributed by atoms with Gasteiger partial charge in [0.05, 0.1) is 0 Å². The van der Waals surface area contributed by atoms with Gasteiger partial charge in [-0.05, 0) is 35.8 Å². The van der Waals surface area contributed by atoms with Gasteiger partial charge in [-0.1, -0.05) is 26.0 Å². The van der Waals surface area contributed by atoms with Crippen molar-refractivity contribution in [3.05, 3.63) is 35.4 Å². The van der Waals surface area contributed by atoms with Gasteiger partial charge >= 0.3 is 0 Å². The molecule has 0 fully saturated rings. The van der Waals surface area contributed by atoms with Crippen LogP contribution in [0.3, 0.4) is 0 Å². The minimum atomic E-state index is 0.167. The number of phenolic OH excluding ortho intramolecular Hbond substituents is 1. The Morgan fingerprint density at radius 2 is 2.07 bits per heavy atom. The molecule has 0 radical (unpaired) electrons. The number of phenols is 1. The van der Waals surface area contributed by atoms with Gasteiger partial charge in [0.15, 0.2) is 5.78 Å². The summed E-state index contributed by atoms with van der Waals surface area (Å²) in [6, 6.07) is 6.91. The second-order valence-electron chi connectivity index (χ2n) is 3.39. The molecule has 0 heterocycles. The zero-order valence-corrected chi connectivity index (χ0v) is 9.16. The van der Waals surface area contributed by atoms with Crippen molar-refractivity contribution < 1.29 is 9.90 Å². The summed E-state index contributed by atoms with van der Waals surface area (Å²) in [4.78, 5) is 11.5. The highest BCUT2D eigenvalue weighted by Gasteiger charge is 2.04. The standard InChI is InChI=1S/C13H16O2/c1-3-11(13(15)4-2)8-10-6-5-7-12(14)9-10/h5-9,14H,3-4H2,1-2H3/b11-8+. The van der Waals surface area contributed by atoms with E-state index in [4.69, 9.17) is 0 Å². The van der Waals surface area contributed by atoms with E-state index in [0.29, 0.717) is 6.42 Å². The molecule has 0 spiro atoms. The molecule has 2 nitrogen and oxygen atoms in total. The lowest BCUT2D eigenvalue weighted by Gasteiger charge is -2.02. The Morgan fingerprint density at radius 1 is 1.33 bits per heavy atom. The molecule has 1 rings (SSSR count). The van der Waals surface area contributed by atoms with Gasteiger partial charge < -0.3 is 5.11 Å². The number of aromatic hydroxyl groups is 1. The summed E-state index contributed by atoms with van der Waals surface area (Å²) in [5, 5.41) is 9.28. The lowest BCUT2D eigenvalue weighted by atomic mass is 10.0. The number of carbonyl (C=O) groups is 1. The van der Waals surface area contributed by atoms with E-state index < -0.39 is 0 Å². The van der Waals surface area contributed by atoms with Crippen LogP contribution in [0.2, 0.25) is 0 Å². The number of Topliss-reactive ketones (excluding diaryl/α,β-unsaturated/α-hetero) is 1. The number of ketones is 1. The first-order valence-corrected chi connectivity index (χ1v) is 5.20. The van der Waals surface area contributed by atoms with Gasteiger partial charge in [-0.15, -0.1) is 0 Å². The number of allylic oxidation sites excluding steroid dienone is 1. The van der Waals surface area contributed by atoms with E-state index in [0.717, 1.165) is 17.6 Å². The first-order chi connectivity index (χ1) is 7.17. The van der Waals surface area contributed by atoms with Crippen LogP contribution in [0.1, 0.15) is 32.3 Å². The molecule has 0 saturated carbocycles. The normalized spacial score (nSPS) is 11.5. The Morgan fingerprint density at radius 3 is 2.60 bits per heavy atom. The van der Waals surface area contributed by atoms with Crippen LogP contribution in [0.5, 0.6) is 5.75 Å². The second-order valence-corrected chi connectivity index (χ2v) is 3.39. The lowest BCUT2D eigenvalue weighted by molar-refractivity contribution is -0.115. The summed E-state index contributed by atoms with van der Waals surface area (Å²) in [5.74, 6) is 0.393. The van der Waals surface area contributed by atoms with E-state index >= 15 is 0 Å². The van der Waals surface area contributed by atoms with Gasteiger partial charge in [-0.25, -0.2) is 0 Å². The first-order valence-electron chi connectivity index (χ1n) is 5.20. The predicted molar refractivity (Wildman–Crippen MR) is 61.7 cm³/mol. The summed E-state index contributed by atoms with van der Waals surface area (Å²) in [7, 11) is 0. The van der Waals surface area contributed by atoms with Crippen LogP contribution in [0.25, 0.3) is 6.08 Å². The Hall–Kier alpha value is -1.57. The largest absolute Gasteiger partial charge is 0.508 e. The number of rotatable bonds is 4. The SMILES string of the molecule is CCC(=O)/C(=C/c1cccc(O)c1)CC. The van der Waals surface area contributed by atoms with Crippen molar-refractivity contribution in [1.82, 2.24) is 0 Å². The second kappa shape index (κ2) is 5.35.